The van der Waals surface area contributed by atoms with E-state index in [1.807, 2.05) is 46.8 Å². The second-order valence-corrected chi connectivity index (χ2v) is 18.9. The molecule has 15 heteroatoms. The fourth-order valence-electron chi connectivity index (χ4n) is 8.41. The van der Waals surface area contributed by atoms with Crippen LogP contribution in [0.15, 0.2) is 114 Å². The number of hydrogen-bond acceptors (Lipinski definition) is 11. The number of carbonyl (C=O) groups is 3. The number of aromatic hydroxyl groups is 1. The molecular formula is C49H49Cl2N4O8S+. The summed E-state index contributed by atoms with van der Waals surface area (Å²) in [7, 11) is 0. The van der Waals surface area contributed by atoms with Crippen molar-refractivity contribution in [1.82, 2.24) is 14.5 Å². The number of alkyl carbamates (subject to hydrolysis) is 1. The van der Waals surface area contributed by atoms with Crippen LogP contribution in [0.5, 0.6) is 17.2 Å². The molecule has 5 fully saturated rings. The quantitative estimate of drug-likeness (QED) is 0.0557. The lowest BCUT2D eigenvalue weighted by atomic mass is 9.86. The second-order valence-electron chi connectivity index (χ2n) is 16.9. The molecule has 12 nitrogen and oxygen atoms in total. The van der Waals surface area contributed by atoms with E-state index in [1.165, 1.54) is 11.9 Å². The van der Waals surface area contributed by atoms with Crippen LogP contribution in [0, 0.1) is 17.8 Å². The normalized spacial score (nSPS) is 20.4. The molecule has 5 aromatic rings. The Bertz CT molecular complexity index is 2460. The fourth-order valence-corrected chi connectivity index (χ4v) is 10.1. The van der Waals surface area contributed by atoms with E-state index in [0.29, 0.717) is 69.8 Å². The Morgan fingerprint density at radius 1 is 0.828 bits per heavy atom. The average Bonchev–Trinajstić information content (AvgIpc) is 4.13. The summed E-state index contributed by atoms with van der Waals surface area (Å²) in [5.74, 6) is 0.232. The molecule has 1 aliphatic carbocycles. The third kappa shape index (κ3) is 10.8. The number of aromatic nitrogens is 1. The lowest BCUT2D eigenvalue weighted by Crippen LogP contribution is -2.52. The van der Waals surface area contributed by atoms with Crippen molar-refractivity contribution in [1.29, 1.82) is 0 Å². The predicted molar refractivity (Wildman–Crippen MR) is 241 cm³/mol. The maximum atomic E-state index is 13.7. The summed E-state index contributed by atoms with van der Waals surface area (Å²) in [6.07, 6.45) is 6.36. The molecule has 4 saturated heterocycles. The van der Waals surface area contributed by atoms with Gasteiger partial charge in [0.2, 0.25) is 0 Å². The van der Waals surface area contributed by atoms with E-state index in [0.717, 1.165) is 61.3 Å². The van der Waals surface area contributed by atoms with Gasteiger partial charge in [0.05, 0.1) is 24.1 Å². The van der Waals surface area contributed by atoms with Crippen molar-refractivity contribution in [3.8, 4) is 17.2 Å². The van der Waals surface area contributed by atoms with Gasteiger partial charge in [-0.05, 0) is 122 Å². The largest absolute Gasteiger partial charge is 0.504 e. The maximum Gasteiger partial charge on any atom is 0.408 e. The van der Waals surface area contributed by atoms with Crippen molar-refractivity contribution in [2.75, 3.05) is 39.3 Å². The minimum absolute atomic E-state index is 0.0117. The number of esters is 2. The molecule has 4 aliphatic heterocycles. The minimum Gasteiger partial charge on any atom is -0.504 e. The molecule has 64 heavy (non-hydrogen) atoms. The lowest BCUT2D eigenvalue weighted by molar-refractivity contribution is -0.377. The molecule has 5 heterocycles. The number of nitrogens with zero attached hydrogens (tertiary/aromatic N) is 2. The topological polar surface area (TPSA) is 141 Å². The Labute approximate surface area is 386 Å². The van der Waals surface area contributed by atoms with Crippen LogP contribution in [0.4, 0.5) is 4.79 Å². The summed E-state index contributed by atoms with van der Waals surface area (Å²) in [6, 6.07) is 28.4. The van der Waals surface area contributed by atoms with Gasteiger partial charge in [0, 0.05) is 36.5 Å². The number of piperidine rings is 3. The first-order chi connectivity index (χ1) is 31.1. The van der Waals surface area contributed by atoms with Crippen molar-refractivity contribution in [3.63, 3.8) is 0 Å². The molecule has 1 saturated carbocycles. The molecule has 5 aliphatic rings. The Balaban J connectivity index is 0.817. The van der Waals surface area contributed by atoms with Crippen LogP contribution in [0.1, 0.15) is 70.4 Å². The number of ether oxygens (including phenoxy) is 4. The lowest BCUT2D eigenvalue weighted by Gasteiger charge is -2.43. The van der Waals surface area contributed by atoms with Gasteiger partial charge in [-0.1, -0.05) is 77.8 Å². The van der Waals surface area contributed by atoms with E-state index in [2.05, 4.69) is 15.2 Å². The van der Waals surface area contributed by atoms with Crippen molar-refractivity contribution in [2.45, 2.75) is 55.2 Å². The highest BCUT2D eigenvalue weighted by Gasteiger charge is 2.38. The van der Waals surface area contributed by atoms with Crippen LogP contribution in [0.3, 0.4) is 0 Å². The number of fused-ring (bicyclic) bond motifs is 3. The van der Waals surface area contributed by atoms with Gasteiger partial charge >= 0.3 is 18.0 Å². The summed E-state index contributed by atoms with van der Waals surface area (Å²) in [5, 5.41) is 14.4. The summed E-state index contributed by atoms with van der Waals surface area (Å²) in [5.41, 5.74) is 3.23. The molecule has 3 atom stereocenters. The summed E-state index contributed by atoms with van der Waals surface area (Å²) in [4.78, 5) is 46.6. The number of hydrogen-bond donors (Lipinski definition) is 2. The molecule has 0 radical (unpaired) electrons. The fraction of sp³-hybridized carbons (Fsp3) is 0.347. The highest BCUT2D eigenvalue weighted by atomic mass is 35.5. The van der Waals surface area contributed by atoms with Gasteiger partial charge in [0.25, 0.3) is 0 Å². The molecule has 1 aromatic heterocycles. The molecule has 4 aromatic carbocycles. The first-order valence-corrected chi connectivity index (χ1v) is 23.2. The number of amides is 1. The number of phenolic OH excluding ortho intramolecular Hbond substituents is 1. The SMILES string of the molecule is O=C(N[C@@H](c1ccccc1)c1cccc(OC(=O)c2cccc(SN3CC(C(=O)O[C@@H](Cc4c(Cl)c[nH+]cc4Cl)c4ccc(O)c(OCC5CC5)c4)C3)c2)c1)O[C@H]1CN2CCC1CC2. The Morgan fingerprint density at radius 2 is 1.58 bits per heavy atom. The van der Waals surface area contributed by atoms with Gasteiger partial charge in [-0.15, -0.1) is 0 Å². The molecule has 10 rings (SSSR count). The third-order valence-electron chi connectivity index (χ3n) is 12.3. The molecule has 1 amide bonds. The van der Waals surface area contributed by atoms with E-state index < -0.39 is 30.1 Å². The van der Waals surface area contributed by atoms with Crippen LogP contribution in [0.2, 0.25) is 10.0 Å². The monoisotopic (exact) mass is 923 g/mol. The molecule has 0 spiro atoms. The van der Waals surface area contributed by atoms with E-state index >= 15 is 0 Å². The van der Waals surface area contributed by atoms with Crippen molar-refractivity contribution in [2.24, 2.45) is 17.8 Å². The smallest absolute Gasteiger partial charge is 0.408 e. The first kappa shape index (κ1) is 43.9. The first-order valence-electron chi connectivity index (χ1n) is 21.7. The predicted octanol–water partition coefficient (Wildman–Crippen LogP) is 8.90. The summed E-state index contributed by atoms with van der Waals surface area (Å²) in [6.45, 7) is 4.22. The molecule has 332 valence electrons. The number of pyridine rings is 1. The zero-order valence-electron chi connectivity index (χ0n) is 35.0. The number of aromatic amines is 1. The van der Waals surface area contributed by atoms with Crippen molar-refractivity contribution >= 4 is 53.2 Å². The summed E-state index contributed by atoms with van der Waals surface area (Å²) < 4.78 is 26.0. The second kappa shape index (κ2) is 19.8. The average molecular weight is 925 g/mol. The van der Waals surface area contributed by atoms with Gasteiger partial charge in [-0.2, -0.15) is 0 Å². The molecular weight excluding hydrogens is 876 g/mol. The highest BCUT2D eigenvalue weighted by Crippen LogP contribution is 2.39. The van der Waals surface area contributed by atoms with Gasteiger partial charge < -0.3 is 29.4 Å². The van der Waals surface area contributed by atoms with Crippen LogP contribution in [-0.2, 0) is 20.7 Å². The number of nitrogens with one attached hydrogen (secondary N) is 2. The Kier molecular flexibility index (Phi) is 13.6. The van der Waals surface area contributed by atoms with Crippen molar-refractivity contribution in [3.05, 3.63) is 147 Å². The number of benzene rings is 4. The number of carbonyl (C=O) groups excluding carboxylic acids is 3. The highest BCUT2D eigenvalue weighted by molar-refractivity contribution is 7.97. The van der Waals surface area contributed by atoms with Gasteiger partial charge in [-0.25, -0.2) is 18.9 Å². The zero-order valence-corrected chi connectivity index (χ0v) is 37.3. The minimum atomic E-state index is -0.754. The molecule has 2 bridgehead atoms. The number of rotatable bonds is 16. The van der Waals surface area contributed by atoms with Crippen LogP contribution < -0.4 is 19.8 Å². The van der Waals surface area contributed by atoms with E-state index in [9.17, 15) is 19.5 Å². The number of H-pyrrole nitrogens is 1. The maximum absolute atomic E-state index is 13.7. The van der Waals surface area contributed by atoms with Crippen LogP contribution >= 0.6 is 35.1 Å². The Hall–Kier alpha value is -5.31. The van der Waals surface area contributed by atoms with E-state index in [1.54, 1.807) is 67.0 Å². The zero-order chi connectivity index (χ0) is 44.2. The Morgan fingerprint density at radius 3 is 2.31 bits per heavy atom. The number of phenols is 1. The van der Waals surface area contributed by atoms with Crippen LogP contribution in [0.25, 0.3) is 0 Å². The standard InChI is InChI=1S/C49H48Cl2N4O8S/c50-40-24-52-25-41(51)39(40)23-43(33-14-15-42(56)44(22-33)60-29-30-12-13-30)62-48(58)36-26-55(27-36)64-38-11-5-9-35(21-38)47(57)61-37-10-4-8-34(20-37)46(32-6-2-1-3-7-32)53-49(59)63-45-28-54-18-16-31(45)17-19-54/h1-11,14-15,20-22,24-25,30-31,36,43,45-46,56H,12-13,16-19,23,26-29H2,(H,53,59)/p+1/t43-,45-,46-/m0/s1. The summed E-state index contributed by atoms with van der Waals surface area (Å²) >= 11 is 14.5. The number of halogens is 2. The van der Waals surface area contributed by atoms with E-state index in [-0.39, 0.29) is 24.2 Å². The van der Waals surface area contributed by atoms with E-state index in [4.69, 9.17) is 42.1 Å². The van der Waals surface area contributed by atoms with Gasteiger partial charge in [0.1, 0.15) is 28.0 Å². The van der Waals surface area contributed by atoms with Gasteiger partial charge in [0.15, 0.2) is 23.9 Å². The van der Waals surface area contributed by atoms with Gasteiger partial charge in [-0.3, -0.25) is 9.69 Å². The van der Waals surface area contributed by atoms with Crippen LogP contribution in [-0.4, -0.2) is 77.8 Å². The van der Waals surface area contributed by atoms with Crippen molar-refractivity contribution < 1.29 is 43.4 Å². The third-order valence-corrected chi connectivity index (χ3v) is 14.0. The molecule has 0 unspecified atom stereocenters. The molecule has 3 N–H and O–H groups in total.